The highest BCUT2D eigenvalue weighted by Gasteiger charge is 2.53. The van der Waals surface area contributed by atoms with Crippen molar-refractivity contribution in [3.8, 4) is 0 Å². The van der Waals surface area contributed by atoms with Gasteiger partial charge in [-0.05, 0) is 51.7 Å². The quantitative estimate of drug-likeness (QED) is 0.426. The Morgan fingerprint density at radius 1 is 1.04 bits per heavy atom. The summed E-state index contributed by atoms with van der Waals surface area (Å²) in [6.07, 6.45) is 11.9. The van der Waals surface area contributed by atoms with E-state index >= 15 is 0 Å². The summed E-state index contributed by atoms with van der Waals surface area (Å²) in [7, 11) is -0.200. The summed E-state index contributed by atoms with van der Waals surface area (Å²) in [5.41, 5.74) is 0.601. The number of hydrogen-bond donors (Lipinski definition) is 0. The van der Waals surface area contributed by atoms with E-state index in [-0.39, 0.29) is 24.1 Å². The zero-order valence-corrected chi connectivity index (χ0v) is 17.4. The summed E-state index contributed by atoms with van der Waals surface area (Å²) in [5, 5.41) is 0. The Kier molecular flexibility index (Phi) is 6.70. The van der Waals surface area contributed by atoms with Crippen LogP contribution in [0.25, 0.3) is 0 Å². The van der Waals surface area contributed by atoms with Crippen LogP contribution in [0, 0.1) is 5.92 Å². The van der Waals surface area contributed by atoms with Gasteiger partial charge in [-0.3, -0.25) is 0 Å². The topological polar surface area (TPSA) is 27.7 Å². The van der Waals surface area contributed by atoms with Crippen molar-refractivity contribution in [2.45, 2.75) is 89.8 Å². The molecule has 1 aliphatic carbocycles. The molecule has 1 aromatic carbocycles. The predicted octanol–water partition coefficient (Wildman–Crippen LogP) is 6.15. The molecular weight excluding hydrogens is 335 g/mol. The van der Waals surface area contributed by atoms with E-state index in [1.165, 1.54) is 37.7 Å². The monoisotopic (exact) mass is 370 g/mol. The Morgan fingerprint density at radius 3 is 2.30 bits per heavy atom. The summed E-state index contributed by atoms with van der Waals surface area (Å²) >= 11 is 0. The minimum absolute atomic E-state index is 0.200. The highest BCUT2D eigenvalue weighted by Crippen LogP contribution is 2.43. The summed E-state index contributed by atoms with van der Waals surface area (Å²) < 4.78 is 18.5. The number of ether oxygens (including phenoxy) is 1. The second kappa shape index (κ2) is 8.83. The van der Waals surface area contributed by atoms with E-state index in [0.29, 0.717) is 6.61 Å². The number of hydrogen-bond acceptors (Lipinski definition) is 3. The third-order valence-electron chi connectivity index (χ3n) is 6.47. The van der Waals surface area contributed by atoms with Crippen molar-refractivity contribution in [3.05, 3.63) is 48.2 Å². The lowest BCUT2D eigenvalue weighted by atomic mass is 9.66. The smallest absolute Gasteiger partial charge is 0.465 e. The zero-order chi connectivity index (χ0) is 19.3. The van der Waals surface area contributed by atoms with Crippen LogP contribution in [-0.2, 0) is 20.7 Å². The SMILES string of the molecule is CC1(C)OB([C@H](/C=C/OCc2ccccc2)CC2CCCCC2)OC1(C)C. The number of allylic oxidation sites excluding steroid dienone is 1. The minimum Gasteiger partial charge on any atom is -0.497 e. The molecule has 27 heavy (non-hydrogen) atoms. The first-order chi connectivity index (χ1) is 12.9. The molecule has 0 unspecified atom stereocenters. The van der Waals surface area contributed by atoms with Crippen LogP contribution in [0.1, 0.15) is 71.8 Å². The van der Waals surface area contributed by atoms with Crippen molar-refractivity contribution in [2.24, 2.45) is 5.92 Å². The second-order valence-corrected chi connectivity index (χ2v) is 9.15. The largest absolute Gasteiger partial charge is 0.497 e. The molecule has 3 rings (SSSR count). The Balaban J connectivity index is 1.63. The lowest BCUT2D eigenvalue weighted by Gasteiger charge is -2.32. The van der Waals surface area contributed by atoms with Crippen molar-refractivity contribution in [3.63, 3.8) is 0 Å². The van der Waals surface area contributed by atoms with Gasteiger partial charge in [0.25, 0.3) is 0 Å². The molecule has 0 N–H and O–H groups in total. The first kappa shape index (κ1) is 20.5. The number of benzene rings is 1. The molecule has 0 amide bonds. The van der Waals surface area contributed by atoms with Gasteiger partial charge in [0.05, 0.1) is 17.5 Å². The third-order valence-corrected chi connectivity index (χ3v) is 6.47. The van der Waals surface area contributed by atoms with Gasteiger partial charge in [0.1, 0.15) is 6.61 Å². The number of rotatable bonds is 7. The van der Waals surface area contributed by atoms with Gasteiger partial charge < -0.3 is 14.0 Å². The summed E-state index contributed by atoms with van der Waals surface area (Å²) in [6, 6.07) is 10.3. The molecule has 2 fully saturated rings. The minimum atomic E-state index is -0.290. The van der Waals surface area contributed by atoms with Gasteiger partial charge in [-0.1, -0.05) is 62.4 Å². The lowest BCUT2D eigenvalue weighted by Crippen LogP contribution is -2.41. The van der Waals surface area contributed by atoms with E-state index in [0.717, 1.165) is 12.3 Å². The van der Waals surface area contributed by atoms with Crippen LogP contribution in [0.4, 0.5) is 0 Å². The van der Waals surface area contributed by atoms with Crippen LogP contribution in [0.5, 0.6) is 0 Å². The molecule has 2 aliphatic rings. The van der Waals surface area contributed by atoms with E-state index < -0.39 is 0 Å². The summed E-state index contributed by atoms with van der Waals surface area (Å²) in [6.45, 7) is 9.10. The molecule has 1 aliphatic heterocycles. The maximum Gasteiger partial charge on any atom is 0.465 e. The molecule has 4 heteroatoms. The molecule has 0 bridgehead atoms. The molecule has 1 saturated carbocycles. The van der Waals surface area contributed by atoms with E-state index in [9.17, 15) is 0 Å². The zero-order valence-electron chi connectivity index (χ0n) is 17.4. The average molecular weight is 370 g/mol. The van der Waals surface area contributed by atoms with Crippen molar-refractivity contribution in [1.82, 2.24) is 0 Å². The molecule has 0 radical (unpaired) electrons. The Hall–Kier alpha value is -1.26. The molecule has 1 atom stereocenters. The fourth-order valence-corrected chi connectivity index (χ4v) is 4.03. The van der Waals surface area contributed by atoms with Crippen molar-refractivity contribution < 1.29 is 14.0 Å². The molecule has 1 saturated heterocycles. The predicted molar refractivity (Wildman–Crippen MR) is 111 cm³/mol. The van der Waals surface area contributed by atoms with Gasteiger partial charge in [0.2, 0.25) is 0 Å². The summed E-state index contributed by atoms with van der Waals surface area (Å²) in [4.78, 5) is 0. The van der Waals surface area contributed by atoms with Crippen LogP contribution in [0.15, 0.2) is 42.7 Å². The van der Waals surface area contributed by atoms with Crippen LogP contribution >= 0.6 is 0 Å². The average Bonchev–Trinajstić information content (AvgIpc) is 2.87. The molecule has 1 aromatic rings. The van der Waals surface area contributed by atoms with Crippen molar-refractivity contribution in [1.29, 1.82) is 0 Å². The van der Waals surface area contributed by atoms with Crippen LogP contribution < -0.4 is 0 Å². The molecule has 1 heterocycles. The maximum atomic E-state index is 6.35. The van der Waals surface area contributed by atoms with Gasteiger partial charge in [-0.25, -0.2) is 0 Å². The van der Waals surface area contributed by atoms with Gasteiger partial charge in [-0.2, -0.15) is 0 Å². The third kappa shape index (κ3) is 5.39. The Bertz CT molecular complexity index is 589. The fourth-order valence-electron chi connectivity index (χ4n) is 4.03. The van der Waals surface area contributed by atoms with Crippen molar-refractivity contribution >= 4 is 7.12 Å². The second-order valence-electron chi connectivity index (χ2n) is 9.15. The molecular formula is C23H35BO3. The van der Waals surface area contributed by atoms with Gasteiger partial charge in [-0.15, -0.1) is 0 Å². The standard InChI is InChI=1S/C23H35BO3/c1-22(2)23(3,4)27-24(26-22)21(17-19-11-7-5-8-12-19)15-16-25-18-20-13-9-6-10-14-20/h6,9-10,13-16,19,21H,5,7-8,11-12,17-18H2,1-4H3/b16-15+/t21-/m1/s1. The molecule has 148 valence electrons. The van der Waals surface area contributed by atoms with Gasteiger partial charge in [0, 0.05) is 5.82 Å². The maximum absolute atomic E-state index is 6.35. The van der Waals surface area contributed by atoms with Crippen LogP contribution in [0.2, 0.25) is 5.82 Å². The molecule has 0 spiro atoms. The summed E-state index contributed by atoms with van der Waals surface area (Å²) in [5.74, 6) is 0.992. The van der Waals surface area contributed by atoms with Gasteiger partial charge in [0.15, 0.2) is 0 Å². The van der Waals surface area contributed by atoms with E-state index in [1.54, 1.807) is 0 Å². The highest BCUT2D eigenvalue weighted by atomic mass is 16.7. The lowest BCUT2D eigenvalue weighted by molar-refractivity contribution is 0.00578. The molecule has 0 aromatic heterocycles. The first-order valence-electron chi connectivity index (χ1n) is 10.6. The highest BCUT2D eigenvalue weighted by molar-refractivity contribution is 6.48. The molecule has 3 nitrogen and oxygen atoms in total. The first-order valence-corrected chi connectivity index (χ1v) is 10.6. The normalized spacial score (nSPS) is 23.6. The van der Waals surface area contributed by atoms with Crippen LogP contribution in [0.3, 0.4) is 0 Å². The van der Waals surface area contributed by atoms with Crippen LogP contribution in [-0.4, -0.2) is 18.3 Å². The van der Waals surface area contributed by atoms with E-state index in [4.69, 9.17) is 14.0 Å². The van der Waals surface area contributed by atoms with E-state index in [2.05, 4.69) is 45.9 Å². The van der Waals surface area contributed by atoms with Gasteiger partial charge >= 0.3 is 7.12 Å². The fraction of sp³-hybridized carbons (Fsp3) is 0.652. The van der Waals surface area contributed by atoms with Crippen molar-refractivity contribution in [2.75, 3.05) is 0 Å². The van der Waals surface area contributed by atoms with E-state index in [1.807, 2.05) is 24.5 Å². The Morgan fingerprint density at radius 2 is 1.67 bits per heavy atom. The Labute approximate surface area is 165 Å².